The van der Waals surface area contributed by atoms with E-state index in [2.05, 4.69) is 10.2 Å². The van der Waals surface area contributed by atoms with Gasteiger partial charge in [-0.25, -0.2) is 14.8 Å². The Balaban J connectivity index is 1.02. The van der Waals surface area contributed by atoms with Gasteiger partial charge < -0.3 is 38.3 Å². The van der Waals surface area contributed by atoms with Crippen molar-refractivity contribution in [3.8, 4) is 33.9 Å². The zero-order valence-corrected chi connectivity index (χ0v) is 39.1. The second-order valence-electron chi connectivity index (χ2n) is 15.6. The number of hydrogen-bond acceptors (Lipinski definition) is 13. The van der Waals surface area contributed by atoms with Gasteiger partial charge in [0.2, 0.25) is 5.91 Å². The van der Waals surface area contributed by atoms with Crippen molar-refractivity contribution < 1.29 is 69.3 Å². The molecule has 1 aromatic heterocycles. The predicted molar refractivity (Wildman–Crippen MR) is 258 cm³/mol. The number of imide groups is 1. The number of methoxy groups -OCH3 is 1. The molecular weight excluding hydrogens is 947 g/mol. The van der Waals surface area contributed by atoms with Crippen LogP contribution in [0.25, 0.3) is 28.0 Å². The summed E-state index contributed by atoms with van der Waals surface area (Å²) in [4.78, 5) is 63.0. The van der Waals surface area contributed by atoms with Crippen LogP contribution in [0.5, 0.6) is 11.5 Å². The molecule has 0 spiro atoms. The number of rotatable bonds is 25. The molecule has 1 atom stereocenters. The Morgan fingerprint density at radius 2 is 1.37 bits per heavy atom. The van der Waals surface area contributed by atoms with Crippen molar-refractivity contribution >= 4 is 64.1 Å². The number of ether oxygens (including phenoxy) is 5. The summed E-state index contributed by atoms with van der Waals surface area (Å²) in [6.45, 7) is 2.52. The number of carbonyl (C=O) groups is 4. The van der Waals surface area contributed by atoms with E-state index < -0.39 is 59.3 Å². The molecule has 0 saturated carbocycles. The molecule has 22 heteroatoms. The van der Waals surface area contributed by atoms with Crippen LogP contribution >= 0.6 is 0 Å². The monoisotopic (exact) mass is 995 g/mol. The summed E-state index contributed by atoms with van der Waals surface area (Å²) in [5, 5.41) is 0.469. The lowest BCUT2D eigenvalue weighted by atomic mass is 10.0. The molecule has 0 bridgehead atoms. The molecule has 18 nitrogen and oxygen atoms in total. The first-order valence-electron chi connectivity index (χ1n) is 22.3. The number of hydroxylamine groups is 2. The number of allylic oxidation sites excluding steroid dienone is 1. The van der Waals surface area contributed by atoms with Gasteiger partial charge in [-0.05, 0) is 77.4 Å². The van der Waals surface area contributed by atoms with Gasteiger partial charge in [0, 0.05) is 35.9 Å². The van der Waals surface area contributed by atoms with Gasteiger partial charge in [0.25, 0.3) is 21.9 Å². The van der Waals surface area contributed by atoms with Crippen LogP contribution in [-0.2, 0) is 48.3 Å². The highest BCUT2D eigenvalue weighted by Crippen LogP contribution is 2.41. The van der Waals surface area contributed by atoms with Crippen LogP contribution in [0.3, 0.4) is 0 Å². The number of halogens is 2. The summed E-state index contributed by atoms with van der Waals surface area (Å²) in [7, 11) is -6.27. The number of aromatic nitrogens is 1. The summed E-state index contributed by atoms with van der Waals surface area (Å²) in [6.07, 6.45) is 0.0374. The Bertz CT molecular complexity index is 2880. The maximum absolute atomic E-state index is 15.4. The minimum atomic E-state index is -4.88. The topological polar surface area (TPSA) is 223 Å². The number of amidine groups is 1. The van der Waals surface area contributed by atoms with Crippen LogP contribution < -0.4 is 14.8 Å². The standard InChI is InChI=1S/C49H48BF2N5O13S/c1-65-24-25-66-26-27-67-28-29-69-38-18-14-36(15-19-38)42-31-40(34-10-6-3-7-11-34)48(56(42)50(51)52)55-47-39(33-8-4-2-5-9-33)30-41(54-47)35-12-16-37(17-13-35)68-23-22-53-44(58)20-21-46(60)70-57-45(59)32-43(49(57)61)71(62,63)64/h2-19,30-31,43H,20-29,32H2,1H3,(H,53,58)(H,62,63,64)/b55-47-. The highest BCUT2D eigenvalue weighted by Gasteiger charge is 2.48. The highest BCUT2D eigenvalue weighted by atomic mass is 32.2. The highest BCUT2D eigenvalue weighted by molar-refractivity contribution is 7.87. The van der Waals surface area contributed by atoms with Crippen LogP contribution in [0, 0.1) is 0 Å². The zero-order chi connectivity index (χ0) is 50.3. The summed E-state index contributed by atoms with van der Waals surface area (Å²) in [5.74, 6) is -3.03. The van der Waals surface area contributed by atoms with Crippen LogP contribution in [-0.4, -0.2) is 130 Å². The molecule has 5 aromatic rings. The van der Waals surface area contributed by atoms with Gasteiger partial charge in [-0.3, -0.25) is 27.6 Å². The minimum absolute atomic E-state index is 0.00833. The number of nitrogens with zero attached hydrogens (tertiary/aromatic N) is 4. The Kier molecular flexibility index (Phi) is 17.7. The number of carbonyl (C=O) groups excluding carboxylic acids is 4. The van der Waals surface area contributed by atoms with Crippen LogP contribution in [0.4, 0.5) is 14.4 Å². The molecule has 370 valence electrons. The molecule has 0 radical (unpaired) electrons. The first-order chi connectivity index (χ1) is 34.3. The number of amides is 3. The Hall–Kier alpha value is -7.37. The second-order valence-corrected chi connectivity index (χ2v) is 17.2. The van der Waals surface area contributed by atoms with Crippen molar-refractivity contribution in [3.05, 3.63) is 132 Å². The van der Waals surface area contributed by atoms with E-state index in [9.17, 15) is 27.6 Å². The third kappa shape index (κ3) is 13.7. The second kappa shape index (κ2) is 24.5. The number of nitrogens with one attached hydrogen (secondary N) is 1. The molecule has 71 heavy (non-hydrogen) atoms. The molecule has 2 N–H and O–H groups in total. The van der Waals surface area contributed by atoms with Gasteiger partial charge in [-0.2, -0.15) is 8.42 Å². The van der Waals surface area contributed by atoms with Crippen molar-refractivity contribution in [1.82, 2.24) is 14.9 Å². The maximum atomic E-state index is 15.4. The SMILES string of the molecule is COCCOCCOCCOc1ccc(-c2cc(-c3ccccc3)c(/N=C3\N=C(c4ccc(OCCNC(=O)CCC(=O)ON5C(=O)CC(S(=O)(=O)O)C5=O)cc4)C=C3c3ccccc3)n2B(F)F)cc1. The Morgan fingerprint density at radius 3 is 1.97 bits per heavy atom. The number of hydrogen-bond donors (Lipinski definition) is 2. The summed E-state index contributed by atoms with van der Waals surface area (Å²) >= 11 is 0. The lowest BCUT2D eigenvalue weighted by Gasteiger charge is -2.13. The largest absolute Gasteiger partial charge is 0.679 e. The fourth-order valence-electron chi connectivity index (χ4n) is 7.30. The fourth-order valence-corrected chi connectivity index (χ4v) is 8.00. The molecule has 4 aromatic carbocycles. The van der Waals surface area contributed by atoms with E-state index in [-0.39, 0.29) is 48.6 Å². The lowest BCUT2D eigenvalue weighted by Crippen LogP contribution is -2.37. The molecular formula is C49H48BF2N5O13S. The first kappa shape index (κ1) is 51.5. The van der Waals surface area contributed by atoms with E-state index >= 15 is 8.63 Å². The van der Waals surface area contributed by atoms with Gasteiger partial charge in [0.15, 0.2) is 11.1 Å². The summed E-state index contributed by atoms with van der Waals surface area (Å²) in [6, 6.07) is 34.0. The van der Waals surface area contributed by atoms with Crippen LogP contribution in [0.1, 0.15) is 30.4 Å². The molecule has 1 saturated heterocycles. The van der Waals surface area contributed by atoms with Crippen molar-refractivity contribution in [2.75, 3.05) is 59.9 Å². The molecule has 1 unspecified atom stereocenters. The third-order valence-electron chi connectivity index (χ3n) is 10.8. The van der Waals surface area contributed by atoms with E-state index in [0.717, 1.165) is 10.0 Å². The van der Waals surface area contributed by atoms with Crippen molar-refractivity contribution in [3.63, 3.8) is 0 Å². The van der Waals surface area contributed by atoms with E-state index in [0.29, 0.717) is 78.1 Å². The molecule has 1 fully saturated rings. The Morgan fingerprint density at radius 1 is 0.775 bits per heavy atom. The maximum Gasteiger partial charge on any atom is 0.679 e. The van der Waals surface area contributed by atoms with Crippen molar-refractivity contribution in [1.29, 1.82) is 0 Å². The van der Waals surface area contributed by atoms with E-state index in [1.54, 1.807) is 61.7 Å². The van der Waals surface area contributed by atoms with Crippen LogP contribution in [0.15, 0.2) is 131 Å². The lowest BCUT2D eigenvalue weighted by molar-refractivity contribution is -0.197. The van der Waals surface area contributed by atoms with E-state index in [1.165, 1.54) is 0 Å². The summed E-state index contributed by atoms with van der Waals surface area (Å²) < 4.78 is 91.1. The molecule has 2 aliphatic heterocycles. The smallest absolute Gasteiger partial charge is 0.492 e. The zero-order valence-electron chi connectivity index (χ0n) is 38.3. The van der Waals surface area contributed by atoms with E-state index in [4.69, 9.17) is 38.2 Å². The minimum Gasteiger partial charge on any atom is -0.492 e. The van der Waals surface area contributed by atoms with Gasteiger partial charge in [0.05, 0.1) is 58.1 Å². The first-order valence-corrected chi connectivity index (χ1v) is 23.8. The molecule has 3 amide bonds. The Labute approximate surface area is 407 Å². The van der Waals surface area contributed by atoms with Crippen LogP contribution in [0.2, 0.25) is 0 Å². The van der Waals surface area contributed by atoms with Gasteiger partial charge >= 0.3 is 13.4 Å². The van der Waals surface area contributed by atoms with Crippen molar-refractivity contribution in [2.24, 2.45) is 9.98 Å². The number of aliphatic imine (C=N–C) groups is 2. The summed E-state index contributed by atoms with van der Waals surface area (Å²) in [5.41, 5.74) is 4.47. The number of benzene rings is 4. The fraction of sp³-hybridized carbons (Fsp3) is 0.265. The normalized spacial score (nSPS) is 15.2. The third-order valence-corrected chi connectivity index (χ3v) is 11.9. The average molecular weight is 996 g/mol. The molecule has 0 aliphatic carbocycles. The van der Waals surface area contributed by atoms with E-state index in [1.807, 2.05) is 66.7 Å². The van der Waals surface area contributed by atoms with Gasteiger partial charge in [0.1, 0.15) is 30.5 Å². The van der Waals surface area contributed by atoms with Crippen molar-refractivity contribution in [2.45, 2.75) is 24.5 Å². The predicted octanol–water partition coefficient (Wildman–Crippen LogP) is 6.02. The average Bonchev–Trinajstić information content (AvgIpc) is 4.06. The van der Waals surface area contributed by atoms with Gasteiger partial charge in [-0.15, -0.1) is 5.06 Å². The molecule has 7 rings (SSSR count). The quantitative estimate of drug-likeness (QED) is 0.0296. The molecule has 2 aliphatic rings. The molecule has 3 heterocycles. The van der Waals surface area contributed by atoms with Gasteiger partial charge in [-0.1, -0.05) is 60.7 Å².